The molecule has 28 heavy (non-hydrogen) atoms. The Morgan fingerprint density at radius 2 is 1.79 bits per heavy atom. The van der Waals surface area contributed by atoms with E-state index >= 15 is 0 Å². The first-order valence-electron chi connectivity index (χ1n) is 9.48. The predicted octanol–water partition coefficient (Wildman–Crippen LogP) is 4.74. The Morgan fingerprint density at radius 1 is 1.04 bits per heavy atom. The molecule has 4 aromatic rings. The molecule has 0 saturated carbocycles. The average molecular weight is 372 g/mol. The Bertz CT molecular complexity index is 1150. The van der Waals surface area contributed by atoms with Crippen LogP contribution in [0, 0.1) is 0 Å². The van der Waals surface area contributed by atoms with Gasteiger partial charge in [-0.2, -0.15) is 10.1 Å². The maximum atomic E-state index is 4.63. The van der Waals surface area contributed by atoms with Crippen LogP contribution >= 0.6 is 0 Å². The fourth-order valence-electron chi connectivity index (χ4n) is 3.30. The molecule has 1 N–H and O–H groups in total. The second-order valence-electron chi connectivity index (χ2n) is 7.81. The maximum Gasteiger partial charge on any atom is 0.265 e. The van der Waals surface area contributed by atoms with Gasteiger partial charge in [-0.05, 0) is 29.5 Å². The highest BCUT2D eigenvalue weighted by molar-refractivity contribution is 6.04. The van der Waals surface area contributed by atoms with Gasteiger partial charge < -0.3 is 4.57 Å². The summed E-state index contributed by atoms with van der Waals surface area (Å²) in [5.74, 6) is 0.382. The first kappa shape index (κ1) is 18.1. The molecule has 4 rings (SSSR count). The van der Waals surface area contributed by atoms with Gasteiger partial charge in [0.15, 0.2) is 5.65 Å². The van der Waals surface area contributed by atoms with Crippen molar-refractivity contribution in [2.45, 2.75) is 39.7 Å². The molecule has 0 radical (unpaired) electrons. The van der Waals surface area contributed by atoms with Crippen LogP contribution in [-0.2, 0) is 12.0 Å². The second-order valence-corrected chi connectivity index (χ2v) is 7.81. The maximum absolute atomic E-state index is 4.63. The Balaban J connectivity index is 1.58. The molecule has 0 atom stereocenters. The van der Waals surface area contributed by atoms with E-state index in [1.807, 2.05) is 18.2 Å². The zero-order valence-corrected chi connectivity index (χ0v) is 16.6. The highest BCUT2D eigenvalue weighted by Gasteiger charge is 2.14. The van der Waals surface area contributed by atoms with Crippen LogP contribution in [0.1, 0.15) is 38.8 Å². The van der Waals surface area contributed by atoms with Crippen molar-refractivity contribution in [3.05, 3.63) is 59.7 Å². The third-order valence-corrected chi connectivity index (χ3v) is 4.85. The lowest BCUT2D eigenvalue weighted by Crippen LogP contribution is -2.10. The number of nitrogens with zero attached hydrogens (tertiary/aromatic N) is 5. The van der Waals surface area contributed by atoms with Crippen LogP contribution in [0.4, 0.5) is 5.95 Å². The zero-order valence-electron chi connectivity index (χ0n) is 16.6. The molecule has 2 aromatic heterocycles. The van der Waals surface area contributed by atoms with Gasteiger partial charge in [0.2, 0.25) is 0 Å². The van der Waals surface area contributed by atoms with E-state index in [-0.39, 0.29) is 5.41 Å². The Hall–Kier alpha value is -3.28. The van der Waals surface area contributed by atoms with Gasteiger partial charge in [-0.25, -0.2) is 5.43 Å². The Kier molecular flexibility index (Phi) is 4.55. The fraction of sp³-hybridized carbons (Fsp3) is 0.273. The van der Waals surface area contributed by atoms with Crippen molar-refractivity contribution in [3.63, 3.8) is 0 Å². The first-order chi connectivity index (χ1) is 13.5. The molecule has 0 aliphatic carbocycles. The molecule has 0 spiro atoms. The van der Waals surface area contributed by atoms with Gasteiger partial charge in [0.05, 0.1) is 11.7 Å². The van der Waals surface area contributed by atoms with Crippen molar-refractivity contribution in [2.24, 2.45) is 5.10 Å². The lowest BCUT2D eigenvalue weighted by molar-refractivity contribution is 0.590. The number of para-hydroxylation sites is 1. The van der Waals surface area contributed by atoms with E-state index in [4.69, 9.17) is 0 Å². The number of aromatic nitrogens is 4. The molecular formula is C22H24N6. The molecule has 142 valence electrons. The van der Waals surface area contributed by atoms with E-state index in [2.05, 4.69) is 88.3 Å². The van der Waals surface area contributed by atoms with Gasteiger partial charge >= 0.3 is 0 Å². The number of anilines is 1. The Morgan fingerprint density at radius 3 is 2.50 bits per heavy atom. The van der Waals surface area contributed by atoms with E-state index in [0.29, 0.717) is 5.95 Å². The van der Waals surface area contributed by atoms with Crippen LogP contribution < -0.4 is 5.43 Å². The molecule has 0 saturated heterocycles. The average Bonchev–Trinajstić information content (AvgIpc) is 3.00. The lowest BCUT2D eigenvalue weighted by atomic mass is 9.87. The van der Waals surface area contributed by atoms with Crippen LogP contribution in [0.3, 0.4) is 0 Å². The van der Waals surface area contributed by atoms with E-state index < -0.39 is 0 Å². The summed E-state index contributed by atoms with van der Waals surface area (Å²) < 4.78 is 2.14. The van der Waals surface area contributed by atoms with Gasteiger partial charge in [-0.3, -0.25) is 0 Å². The SMILES string of the molecule is CCn1c2ccccc2c2nnc(N/N=C/c3ccc(C(C)(C)C)cc3)nc21. The molecule has 2 heterocycles. The monoisotopic (exact) mass is 372 g/mol. The summed E-state index contributed by atoms with van der Waals surface area (Å²) in [7, 11) is 0. The van der Waals surface area contributed by atoms with Gasteiger partial charge in [0.1, 0.15) is 5.52 Å². The van der Waals surface area contributed by atoms with Crippen molar-refractivity contribution >= 4 is 34.2 Å². The van der Waals surface area contributed by atoms with Crippen LogP contribution in [0.15, 0.2) is 53.6 Å². The van der Waals surface area contributed by atoms with Crippen molar-refractivity contribution in [1.29, 1.82) is 0 Å². The summed E-state index contributed by atoms with van der Waals surface area (Å²) in [6.07, 6.45) is 1.76. The molecule has 0 unspecified atom stereocenters. The van der Waals surface area contributed by atoms with Gasteiger partial charge in [-0.15, -0.1) is 10.2 Å². The Labute approximate surface area is 164 Å². The fourth-order valence-corrected chi connectivity index (χ4v) is 3.30. The molecule has 0 bridgehead atoms. The smallest absolute Gasteiger partial charge is 0.265 e. The molecule has 0 fully saturated rings. The minimum absolute atomic E-state index is 0.139. The van der Waals surface area contributed by atoms with Crippen molar-refractivity contribution in [1.82, 2.24) is 19.7 Å². The van der Waals surface area contributed by atoms with Crippen LogP contribution in [0.5, 0.6) is 0 Å². The number of nitrogens with one attached hydrogen (secondary N) is 1. The first-order valence-corrected chi connectivity index (χ1v) is 9.48. The second kappa shape index (κ2) is 7.03. The van der Waals surface area contributed by atoms with Gasteiger partial charge in [0.25, 0.3) is 5.95 Å². The van der Waals surface area contributed by atoms with Crippen molar-refractivity contribution < 1.29 is 0 Å². The number of hydrogen-bond acceptors (Lipinski definition) is 5. The predicted molar refractivity (Wildman–Crippen MR) is 115 cm³/mol. The van der Waals surface area contributed by atoms with Gasteiger partial charge in [-0.1, -0.05) is 63.2 Å². The molecule has 0 aliphatic rings. The summed E-state index contributed by atoms with van der Waals surface area (Å²) in [5, 5.41) is 13.9. The minimum atomic E-state index is 0.139. The largest absolute Gasteiger partial charge is 0.324 e. The summed E-state index contributed by atoms with van der Waals surface area (Å²) >= 11 is 0. The highest BCUT2D eigenvalue weighted by Crippen LogP contribution is 2.26. The summed E-state index contributed by atoms with van der Waals surface area (Å²) in [5.41, 5.74) is 8.08. The zero-order chi connectivity index (χ0) is 19.7. The van der Waals surface area contributed by atoms with E-state index in [9.17, 15) is 0 Å². The molecule has 6 nitrogen and oxygen atoms in total. The summed E-state index contributed by atoms with van der Waals surface area (Å²) in [4.78, 5) is 4.63. The number of aryl methyl sites for hydroxylation is 1. The van der Waals surface area contributed by atoms with E-state index in [0.717, 1.165) is 34.2 Å². The molecule has 6 heteroatoms. The summed E-state index contributed by atoms with van der Waals surface area (Å²) in [6, 6.07) is 16.5. The van der Waals surface area contributed by atoms with Crippen LogP contribution in [0.2, 0.25) is 0 Å². The molecule has 0 amide bonds. The third kappa shape index (κ3) is 3.33. The number of benzene rings is 2. The molecule has 2 aromatic carbocycles. The molecular weight excluding hydrogens is 348 g/mol. The van der Waals surface area contributed by atoms with Gasteiger partial charge in [0, 0.05) is 11.9 Å². The quantitative estimate of drug-likeness (QED) is 0.415. The minimum Gasteiger partial charge on any atom is -0.324 e. The normalized spacial score (nSPS) is 12.3. The van der Waals surface area contributed by atoms with E-state index in [1.165, 1.54) is 5.56 Å². The van der Waals surface area contributed by atoms with Crippen LogP contribution in [0.25, 0.3) is 22.1 Å². The lowest BCUT2D eigenvalue weighted by Gasteiger charge is -2.18. The third-order valence-electron chi connectivity index (χ3n) is 4.85. The summed E-state index contributed by atoms with van der Waals surface area (Å²) in [6.45, 7) is 9.52. The topological polar surface area (TPSA) is 68.0 Å². The number of hydrogen-bond donors (Lipinski definition) is 1. The molecule has 0 aliphatic heterocycles. The standard InChI is InChI=1S/C22H24N6/c1-5-28-18-9-7-6-8-17(18)19-20(28)24-21(27-25-19)26-23-14-15-10-12-16(13-11-15)22(2,3)4/h6-14H,5H2,1-4H3,(H,24,26,27)/b23-14+. The van der Waals surface area contributed by atoms with Crippen molar-refractivity contribution in [3.8, 4) is 0 Å². The van der Waals surface area contributed by atoms with Crippen LogP contribution in [-0.4, -0.2) is 26.0 Å². The number of rotatable bonds is 4. The number of hydrazone groups is 1. The van der Waals surface area contributed by atoms with Crippen molar-refractivity contribution in [2.75, 3.05) is 5.43 Å². The highest BCUT2D eigenvalue weighted by atomic mass is 15.4. The number of fused-ring (bicyclic) bond motifs is 3. The van der Waals surface area contributed by atoms with E-state index in [1.54, 1.807) is 6.21 Å².